The van der Waals surface area contributed by atoms with Crippen LogP contribution in [0.3, 0.4) is 0 Å². The quantitative estimate of drug-likeness (QED) is 0.325. The van der Waals surface area contributed by atoms with E-state index >= 15 is 0 Å². The van der Waals surface area contributed by atoms with E-state index in [2.05, 4.69) is 16.3 Å². The van der Waals surface area contributed by atoms with Crippen LogP contribution >= 0.6 is 0 Å². The van der Waals surface area contributed by atoms with Gasteiger partial charge in [-0.25, -0.2) is 9.59 Å². The zero-order valence-electron chi connectivity index (χ0n) is 24.5. The molecule has 2 heterocycles. The lowest BCUT2D eigenvalue weighted by atomic mass is 9.92. The Morgan fingerprint density at radius 2 is 1.82 bits per heavy atom. The summed E-state index contributed by atoms with van der Waals surface area (Å²) in [6, 6.07) is 10.5. The third-order valence-corrected chi connectivity index (χ3v) is 7.79. The molecule has 1 saturated heterocycles. The number of likely N-dealkylation sites (tertiary alicyclic amines) is 1. The molecule has 0 radical (unpaired) electrons. The molecule has 0 bridgehead atoms. The molecule has 0 spiro atoms. The maximum Gasteiger partial charge on any atom is 0.419 e. The van der Waals surface area contributed by atoms with Crippen molar-refractivity contribution in [2.45, 2.75) is 84.0 Å². The second-order valence-corrected chi connectivity index (χ2v) is 12.0. The summed E-state index contributed by atoms with van der Waals surface area (Å²) in [5, 5.41) is 4.66. The highest BCUT2D eigenvalue weighted by atomic mass is 16.6. The highest BCUT2D eigenvalue weighted by Crippen LogP contribution is 2.41. The van der Waals surface area contributed by atoms with Gasteiger partial charge in [0, 0.05) is 41.5 Å². The molecule has 2 aromatic carbocycles. The largest absolute Gasteiger partial charge is 0.496 e. The molecular weight excluding hydrogens is 506 g/mol. The van der Waals surface area contributed by atoms with Crippen molar-refractivity contribution in [2.24, 2.45) is 0 Å². The Balaban J connectivity index is 1.53. The SMILES string of the molecule is COC(=O)c1ccc(C2CCCCN2Cc2c(OC)cc(C)c3c2ccn3C(=O)OC(C)(C)C)c(NC2CC2)c1. The molecule has 1 saturated carbocycles. The lowest BCUT2D eigenvalue weighted by Gasteiger charge is -2.37. The number of aromatic nitrogens is 1. The van der Waals surface area contributed by atoms with E-state index in [-0.39, 0.29) is 18.1 Å². The topological polar surface area (TPSA) is 82.0 Å². The van der Waals surface area contributed by atoms with Crippen LogP contribution in [0.25, 0.3) is 10.9 Å². The molecule has 214 valence electrons. The van der Waals surface area contributed by atoms with E-state index in [1.54, 1.807) is 17.9 Å². The first-order valence-corrected chi connectivity index (χ1v) is 14.2. The summed E-state index contributed by atoms with van der Waals surface area (Å²) >= 11 is 0. The fraction of sp³-hybridized carbons (Fsp3) is 0.500. The first-order valence-electron chi connectivity index (χ1n) is 14.2. The summed E-state index contributed by atoms with van der Waals surface area (Å²) in [7, 11) is 3.12. The van der Waals surface area contributed by atoms with Crippen LogP contribution in [0.5, 0.6) is 5.75 Å². The summed E-state index contributed by atoms with van der Waals surface area (Å²) in [5.74, 6) is 0.487. The summed E-state index contributed by atoms with van der Waals surface area (Å²) in [6.45, 7) is 9.23. The monoisotopic (exact) mass is 547 g/mol. The van der Waals surface area contributed by atoms with Crippen LogP contribution in [0.15, 0.2) is 36.5 Å². The molecule has 8 nitrogen and oxygen atoms in total. The van der Waals surface area contributed by atoms with Gasteiger partial charge in [0.05, 0.1) is 25.3 Å². The van der Waals surface area contributed by atoms with Crippen molar-refractivity contribution in [1.82, 2.24) is 9.47 Å². The summed E-state index contributed by atoms with van der Waals surface area (Å²) in [5.41, 5.74) is 5.04. The third kappa shape index (κ3) is 5.82. The number of esters is 1. The summed E-state index contributed by atoms with van der Waals surface area (Å²) in [4.78, 5) is 27.9. The Bertz CT molecular complexity index is 1420. The summed E-state index contributed by atoms with van der Waals surface area (Å²) in [6.07, 6.45) is 6.96. The molecule has 40 heavy (non-hydrogen) atoms. The Hall–Kier alpha value is -3.52. The highest BCUT2D eigenvalue weighted by molar-refractivity contribution is 5.95. The van der Waals surface area contributed by atoms with Crippen LogP contribution in [0, 0.1) is 6.92 Å². The molecule has 2 fully saturated rings. The number of carbonyl (C=O) groups is 2. The van der Waals surface area contributed by atoms with E-state index < -0.39 is 5.60 Å². The summed E-state index contributed by atoms with van der Waals surface area (Å²) < 4.78 is 18.2. The standard InChI is InChI=1S/C32H41N3O5/c1-20-17-28(38-5)25(23-14-16-35(29(20)23)31(37)40-32(2,3)4)19-34-15-8-7-9-27(34)24-13-10-21(30(36)39-6)18-26(24)33-22-11-12-22/h10,13-14,16-18,22,27,33H,7-9,11-12,15,19H2,1-6H3. The number of rotatable bonds is 7. The van der Waals surface area contributed by atoms with Gasteiger partial charge in [0.1, 0.15) is 11.4 Å². The van der Waals surface area contributed by atoms with E-state index in [0.717, 1.165) is 72.1 Å². The number of hydrogen-bond acceptors (Lipinski definition) is 7. The van der Waals surface area contributed by atoms with Crippen LogP contribution in [-0.2, 0) is 16.0 Å². The van der Waals surface area contributed by atoms with E-state index in [0.29, 0.717) is 18.2 Å². The molecule has 1 unspecified atom stereocenters. The Morgan fingerprint density at radius 1 is 1.05 bits per heavy atom. The number of anilines is 1. The second kappa shape index (κ2) is 11.2. The molecule has 5 rings (SSSR count). The molecule has 8 heteroatoms. The minimum Gasteiger partial charge on any atom is -0.496 e. The van der Waals surface area contributed by atoms with Crippen molar-refractivity contribution in [3.05, 3.63) is 58.8 Å². The van der Waals surface area contributed by atoms with Crippen molar-refractivity contribution in [3.63, 3.8) is 0 Å². The molecular formula is C32H41N3O5. The van der Waals surface area contributed by atoms with Crippen molar-refractivity contribution in [1.29, 1.82) is 0 Å². The van der Waals surface area contributed by atoms with Gasteiger partial charge in [-0.2, -0.15) is 0 Å². The highest BCUT2D eigenvalue weighted by Gasteiger charge is 2.31. The van der Waals surface area contributed by atoms with Crippen molar-refractivity contribution in [3.8, 4) is 5.75 Å². The van der Waals surface area contributed by atoms with Crippen LogP contribution < -0.4 is 10.1 Å². The molecule has 2 aliphatic rings. The number of carbonyl (C=O) groups excluding carboxylic acids is 2. The number of fused-ring (bicyclic) bond motifs is 1. The second-order valence-electron chi connectivity index (χ2n) is 12.0. The van der Waals surface area contributed by atoms with Crippen LogP contribution in [0.2, 0.25) is 0 Å². The zero-order valence-corrected chi connectivity index (χ0v) is 24.5. The van der Waals surface area contributed by atoms with Gasteiger partial charge >= 0.3 is 12.1 Å². The van der Waals surface area contributed by atoms with Gasteiger partial charge in [-0.3, -0.25) is 9.47 Å². The molecule has 1 aromatic heterocycles. The fourth-order valence-corrected chi connectivity index (χ4v) is 5.77. The van der Waals surface area contributed by atoms with Crippen molar-refractivity contribution >= 4 is 28.7 Å². The maximum absolute atomic E-state index is 13.1. The van der Waals surface area contributed by atoms with Gasteiger partial charge < -0.3 is 19.5 Å². The molecule has 1 N–H and O–H groups in total. The normalized spacial score (nSPS) is 18.0. The number of nitrogens with one attached hydrogen (secondary N) is 1. The minimum absolute atomic E-state index is 0.177. The first-order chi connectivity index (χ1) is 19.1. The molecule has 1 aliphatic heterocycles. The smallest absolute Gasteiger partial charge is 0.419 e. The van der Waals surface area contributed by atoms with Crippen LogP contribution in [0.1, 0.15) is 86.0 Å². The lowest BCUT2D eigenvalue weighted by molar-refractivity contribution is 0.0542. The average molecular weight is 548 g/mol. The maximum atomic E-state index is 13.1. The number of hydrogen-bond donors (Lipinski definition) is 1. The molecule has 3 aromatic rings. The van der Waals surface area contributed by atoms with E-state index in [1.807, 2.05) is 52.0 Å². The third-order valence-electron chi connectivity index (χ3n) is 7.79. The predicted molar refractivity (Wildman–Crippen MR) is 156 cm³/mol. The number of ether oxygens (including phenoxy) is 3. The van der Waals surface area contributed by atoms with Gasteiger partial charge in [-0.1, -0.05) is 12.5 Å². The fourth-order valence-electron chi connectivity index (χ4n) is 5.77. The zero-order chi connectivity index (χ0) is 28.6. The average Bonchev–Trinajstić information content (AvgIpc) is 3.62. The van der Waals surface area contributed by atoms with Gasteiger partial charge in [0.15, 0.2) is 0 Å². The van der Waals surface area contributed by atoms with Crippen molar-refractivity contribution < 1.29 is 23.8 Å². The lowest BCUT2D eigenvalue weighted by Crippen LogP contribution is -2.33. The number of benzene rings is 2. The first kappa shape index (κ1) is 28.0. The Morgan fingerprint density at radius 3 is 2.50 bits per heavy atom. The number of piperidine rings is 1. The van der Waals surface area contributed by atoms with Gasteiger partial charge in [0.25, 0.3) is 0 Å². The van der Waals surface area contributed by atoms with Gasteiger partial charge in [-0.05, 0) is 95.3 Å². The Labute approximate surface area is 236 Å². The molecule has 0 amide bonds. The molecule has 1 atom stereocenters. The van der Waals surface area contributed by atoms with E-state index in [1.165, 1.54) is 12.7 Å². The van der Waals surface area contributed by atoms with Crippen LogP contribution in [0.4, 0.5) is 10.5 Å². The Kier molecular flexibility index (Phi) is 7.82. The van der Waals surface area contributed by atoms with Gasteiger partial charge in [0.2, 0.25) is 0 Å². The predicted octanol–water partition coefficient (Wildman–Crippen LogP) is 6.83. The van der Waals surface area contributed by atoms with Gasteiger partial charge in [-0.15, -0.1) is 0 Å². The number of nitrogens with zero attached hydrogens (tertiary/aromatic N) is 2. The molecule has 1 aliphatic carbocycles. The van der Waals surface area contributed by atoms with E-state index in [4.69, 9.17) is 14.2 Å². The minimum atomic E-state index is -0.590. The van der Waals surface area contributed by atoms with Crippen LogP contribution in [-0.4, -0.2) is 53.9 Å². The number of aryl methyl sites for hydroxylation is 1. The number of methoxy groups -OCH3 is 2. The van der Waals surface area contributed by atoms with E-state index in [9.17, 15) is 9.59 Å². The van der Waals surface area contributed by atoms with Crippen molar-refractivity contribution in [2.75, 3.05) is 26.1 Å².